The third kappa shape index (κ3) is 7.27. The number of aromatic nitrogens is 2. The van der Waals surface area contributed by atoms with Crippen LogP contribution in [0.15, 0.2) is 40.8 Å². The fourth-order valence-corrected chi connectivity index (χ4v) is 5.43. The molecule has 208 valence electrons. The zero-order chi connectivity index (χ0) is 29.0. The molecule has 8 nitrogen and oxygen atoms in total. The van der Waals surface area contributed by atoms with Gasteiger partial charge in [-0.25, -0.2) is 0 Å². The summed E-state index contributed by atoms with van der Waals surface area (Å²) in [6.45, 7) is 16.8. The van der Waals surface area contributed by atoms with Gasteiger partial charge >= 0.3 is 0 Å². The van der Waals surface area contributed by atoms with Crippen molar-refractivity contribution >= 4 is 37.2 Å². The molecule has 1 aromatic heterocycles. The van der Waals surface area contributed by atoms with Gasteiger partial charge in [0.15, 0.2) is 8.32 Å². The average molecular weight is 568 g/mol. The van der Waals surface area contributed by atoms with Crippen LogP contribution >= 0.6 is 11.6 Å². The summed E-state index contributed by atoms with van der Waals surface area (Å²) in [4.78, 5) is 11.9. The van der Waals surface area contributed by atoms with Crippen LogP contribution in [0, 0.1) is 18.3 Å². The fourth-order valence-electron chi connectivity index (χ4n) is 3.81. The molecule has 0 spiro atoms. The summed E-state index contributed by atoms with van der Waals surface area (Å²) in [5.74, 6) is 0.710. The van der Waals surface area contributed by atoms with Crippen molar-refractivity contribution in [2.24, 2.45) is 0 Å². The van der Waals surface area contributed by atoms with Crippen LogP contribution in [0.4, 0.5) is 11.4 Å². The third-order valence-electron chi connectivity index (χ3n) is 7.17. The Kier molecular flexibility index (Phi) is 9.59. The van der Waals surface area contributed by atoms with E-state index in [2.05, 4.69) is 60.8 Å². The predicted molar refractivity (Wildman–Crippen MR) is 158 cm³/mol. The van der Waals surface area contributed by atoms with E-state index in [1.54, 1.807) is 6.07 Å². The van der Waals surface area contributed by atoms with Crippen LogP contribution in [0.25, 0.3) is 11.5 Å². The molecular weight excluding hydrogens is 530 g/mol. The van der Waals surface area contributed by atoms with Crippen molar-refractivity contribution in [3.05, 3.63) is 58.4 Å². The number of benzene rings is 2. The van der Waals surface area contributed by atoms with Gasteiger partial charge in [0.1, 0.15) is 12.1 Å². The minimum atomic E-state index is -2.14. The van der Waals surface area contributed by atoms with E-state index in [4.69, 9.17) is 20.4 Å². The highest BCUT2D eigenvalue weighted by Crippen LogP contribution is 2.40. The first kappa shape index (κ1) is 30.3. The minimum absolute atomic E-state index is 0.00771. The Morgan fingerprint density at radius 2 is 1.85 bits per heavy atom. The second kappa shape index (κ2) is 12.3. The van der Waals surface area contributed by atoms with Gasteiger partial charge in [0.25, 0.3) is 0 Å². The topological polar surface area (TPSA) is 113 Å². The summed E-state index contributed by atoms with van der Waals surface area (Å²) in [5.41, 5.74) is 3.36. The van der Waals surface area contributed by atoms with E-state index in [1.807, 2.05) is 51.1 Å². The van der Waals surface area contributed by atoms with Gasteiger partial charge in [-0.3, -0.25) is 4.79 Å². The molecule has 0 bridgehead atoms. The van der Waals surface area contributed by atoms with Gasteiger partial charge in [-0.2, -0.15) is 5.26 Å². The molecule has 1 heterocycles. The van der Waals surface area contributed by atoms with E-state index < -0.39 is 14.4 Å². The van der Waals surface area contributed by atoms with Gasteiger partial charge in [-0.1, -0.05) is 39.3 Å². The van der Waals surface area contributed by atoms with Crippen molar-refractivity contribution in [1.29, 1.82) is 5.26 Å². The van der Waals surface area contributed by atoms with E-state index in [1.165, 1.54) is 0 Å². The zero-order valence-corrected chi connectivity index (χ0v) is 25.7. The number of rotatable bonds is 10. The molecule has 0 aliphatic rings. The van der Waals surface area contributed by atoms with Crippen molar-refractivity contribution in [3.63, 3.8) is 0 Å². The molecule has 2 unspecified atom stereocenters. The molecule has 2 atom stereocenters. The molecule has 1 amide bonds. The summed E-state index contributed by atoms with van der Waals surface area (Å²) in [6, 6.07) is 12.5. The zero-order valence-electron chi connectivity index (χ0n) is 24.0. The summed E-state index contributed by atoms with van der Waals surface area (Å²) >= 11 is 6.46. The van der Waals surface area contributed by atoms with E-state index >= 15 is 0 Å². The number of carbonyl (C=O) groups is 1. The highest BCUT2D eigenvalue weighted by Gasteiger charge is 2.41. The number of hydrogen-bond donors (Lipinski definition) is 2. The Bertz CT molecular complexity index is 1340. The first-order chi connectivity index (χ1) is 18.3. The van der Waals surface area contributed by atoms with Crippen LogP contribution in [0.2, 0.25) is 23.2 Å². The predicted octanol–water partition coefficient (Wildman–Crippen LogP) is 7.87. The van der Waals surface area contributed by atoms with Gasteiger partial charge in [0.2, 0.25) is 17.7 Å². The molecule has 0 aliphatic carbocycles. The maximum absolute atomic E-state index is 11.9. The Labute approximate surface area is 237 Å². The van der Waals surface area contributed by atoms with Crippen molar-refractivity contribution in [1.82, 2.24) is 10.2 Å². The number of nitrogens with one attached hydrogen (secondary N) is 2. The molecule has 0 aliphatic heterocycles. The fraction of sp³-hybridized carbons (Fsp3) is 0.448. The van der Waals surface area contributed by atoms with E-state index in [-0.39, 0.29) is 17.0 Å². The molecule has 10 heteroatoms. The number of hydrogen-bond acceptors (Lipinski definition) is 7. The Morgan fingerprint density at radius 3 is 2.44 bits per heavy atom. The normalized spacial score (nSPS) is 13.4. The maximum Gasteiger partial charge on any atom is 0.247 e. The summed E-state index contributed by atoms with van der Waals surface area (Å²) in [6.07, 6.45) is 0.946. The van der Waals surface area contributed by atoms with Gasteiger partial charge in [0.05, 0.1) is 16.7 Å². The maximum atomic E-state index is 11.9. The van der Waals surface area contributed by atoms with Crippen LogP contribution in [-0.4, -0.2) is 30.5 Å². The number of anilines is 2. The molecule has 0 saturated heterocycles. The largest absolute Gasteiger partial charge is 0.418 e. The van der Waals surface area contributed by atoms with Gasteiger partial charge in [0, 0.05) is 23.4 Å². The van der Waals surface area contributed by atoms with Crippen molar-refractivity contribution in [2.75, 3.05) is 10.6 Å². The lowest BCUT2D eigenvalue weighted by Gasteiger charge is -2.40. The lowest BCUT2D eigenvalue weighted by molar-refractivity contribution is -0.116. The summed E-state index contributed by atoms with van der Waals surface area (Å²) in [7, 11) is -2.14. The first-order valence-corrected chi connectivity index (χ1v) is 16.4. The lowest BCUT2D eigenvalue weighted by atomic mass is 10.1. The second-order valence-corrected chi connectivity index (χ2v) is 16.4. The Morgan fingerprint density at radius 1 is 1.18 bits per heavy atom. The monoisotopic (exact) mass is 567 g/mol. The van der Waals surface area contributed by atoms with Crippen molar-refractivity contribution in [3.8, 4) is 17.5 Å². The minimum Gasteiger partial charge on any atom is -0.418 e. The SMILES string of the molecule is CCCC(=O)Nc1ccc(-c2nnc(C(Nc3ccc(C#N)c(Cl)c3C)C(C)O[Si](C)(C)C(C)(C)C)o2)cc1. The molecule has 2 N–H and O–H groups in total. The Hall–Kier alpha value is -3.19. The van der Waals surface area contributed by atoms with E-state index in [0.717, 1.165) is 23.2 Å². The molecular formula is C29H38ClN5O3Si. The standard InChI is InChI=1S/C29H38ClN5O3Si/c1-9-10-24(36)32-22-14-11-20(12-15-22)27-34-35-28(37-27)26(19(3)38-39(7,8)29(4,5)6)33-23-16-13-21(17-31)25(30)18(23)2/h11-16,19,26,33H,9-10H2,1-8H3,(H,32,36). The van der Waals surface area contributed by atoms with Gasteiger partial charge in [-0.15, -0.1) is 10.2 Å². The highest BCUT2D eigenvalue weighted by molar-refractivity contribution is 6.74. The summed E-state index contributed by atoms with van der Waals surface area (Å²) < 4.78 is 12.9. The van der Waals surface area contributed by atoms with E-state index in [9.17, 15) is 10.1 Å². The number of carbonyl (C=O) groups excluding carboxylic acids is 1. The smallest absolute Gasteiger partial charge is 0.247 e. The van der Waals surface area contributed by atoms with Crippen LogP contribution in [-0.2, 0) is 9.22 Å². The number of nitriles is 1. The second-order valence-electron chi connectivity index (χ2n) is 11.2. The molecule has 3 rings (SSSR count). The average Bonchev–Trinajstić information content (AvgIpc) is 3.34. The van der Waals surface area contributed by atoms with Crippen LogP contribution < -0.4 is 10.6 Å². The number of halogens is 1. The molecule has 0 saturated carbocycles. The number of nitrogens with zero attached hydrogens (tertiary/aromatic N) is 3. The van der Waals surface area contributed by atoms with Crippen molar-refractivity contribution < 1.29 is 13.6 Å². The molecule has 3 aromatic rings. The van der Waals surface area contributed by atoms with Crippen LogP contribution in [0.1, 0.15) is 70.5 Å². The molecule has 2 aromatic carbocycles. The lowest BCUT2D eigenvalue weighted by Crippen LogP contribution is -2.45. The van der Waals surface area contributed by atoms with Gasteiger partial charge < -0.3 is 19.5 Å². The summed E-state index contributed by atoms with van der Waals surface area (Å²) in [5, 5.41) is 24.8. The molecule has 0 radical (unpaired) electrons. The van der Waals surface area contributed by atoms with Crippen molar-refractivity contribution in [2.45, 2.75) is 84.7 Å². The third-order valence-corrected chi connectivity index (χ3v) is 12.2. The first-order valence-electron chi connectivity index (χ1n) is 13.1. The molecule has 39 heavy (non-hydrogen) atoms. The molecule has 0 fully saturated rings. The van der Waals surface area contributed by atoms with Crippen LogP contribution in [0.3, 0.4) is 0 Å². The van der Waals surface area contributed by atoms with Gasteiger partial charge in [-0.05, 0) is 80.4 Å². The number of amides is 1. The Balaban J connectivity index is 1.93. The highest BCUT2D eigenvalue weighted by atomic mass is 35.5. The van der Waals surface area contributed by atoms with Crippen LogP contribution in [0.5, 0.6) is 0 Å². The van der Waals surface area contributed by atoms with E-state index in [0.29, 0.717) is 34.5 Å². The quantitative estimate of drug-likeness (QED) is 0.239.